The third kappa shape index (κ3) is 3.42. The normalized spacial score (nSPS) is 19.6. The predicted molar refractivity (Wildman–Crippen MR) is 103 cm³/mol. The predicted octanol–water partition coefficient (Wildman–Crippen LogP) is 5.36. The van der Waals surface area contributed by atoms with E-state index in [9.17, 15) is 14.9 Å². The van der Waals surface area contributed by atoms with Gasteiger partial charge in [0.15, 0.2) is 5.78 Å². The zero-order valence-corrected chi connectivity index (χ0v) is 16.5. The number of halogens is 1. The summed E-state index contributed by atoms with van der Waals surface area (Å²) in [6.07, 6.45) is 1.68. The van der Waals surface area contributed by atoms with E-state index in [4.69, 9.17) is 20.8 Å². The molecule has 2 heterocycles. The number of benzene rings is 1. The van der Waals surface area contributed by atoms with Crippen molar-refractivity contribution in [2.45, 2.75) is 45.8 Å². The molecule has 0 N–H and O–H groups in total. The fourth-order valence-corrected chi connectivity index (χ4v) is 3.60. The molecule has 0 radical (unpaired) electrons. The Morgan fingerprint density at radius 1 is 1.15 bits per heavy atom. The number of nitrogens with zero attached hydrogens (tertiary/aromatic N) is 1. The maximum absolute atomic E-state index is 12.6. The first-order valence-electron chi connectivity index (χ1n) is 8.44. The summed E-state index contributed by atoms with van der Waals surface area (Å²) in [7, 11) is 0. The van der Waals surface area contributed by atoms with E-state index in [0.717, 1.165) is 0 Å². The highest BCUT2D eigenvalue weighted by Gasteiger charge is 2.49. The average Bonchev–Trinajstić information content (AvgIpc) is 3.05. The van der Waals surface area contributed by atoms with Gasteiger partial charge in [-0.2, -0.15) is 0 Å². The van der Waals surface area contributed by atoms with Crippen molar-refractivity contribution in [3.8, 4) is 11.3 Å². The van der Waals surface area contributed by atoms with Gasteiger partial charge in [-0.1, -0.05) is 11.6 Å². The number of Topliss-reactive ketones (excluding diaryl/α,β-unsaturated/α-hetero) is 1. The van der Waals surface area contributed by atoms with Crippen LogP contribution in [0.25, 0.3) is 17.4 Å². The molecular formula is C20H20ClNO5. The van der Waals surface area contributed by atoms with Crippen LogP contribution in [-0.2, 0) is 9.53 Å². The zero-order valence-electron chi connectivity index (χ0n) is 15.8. The maximum Gasteiger partial charge on any atom is 0.288 e. The second-order valence-electron chi connectivity index (χ2n) is 7.59. The molecule has 0 atom stereocenters. The minimum absolute atomic E-state index is 0.0409. The monoisotopic (exact) mass is 389 g/mol. The van der Waals surface area contributed by atoms with Gasteiger partial charge in [-0.3, -0.25) is 14.9 Å². The van der Waals surface area contributed by atoms with Gasteiger partial charge in [0.25, 0.3) is 5.69 Å². The largest absolute Gasteiger partial charge is 0.457 e. The topological polar surface area (TPSA) is 82.6 Å². The molecule has 0 spiro atoms. The van der Waals surface area contributed by atoms with Crippen molar-refractivity contribution in [2.24, 2.45) is 0 Å². The first kappa shape index (κ1) is 19.3. The Morgan fingerprint density at radius 2 is 1.81 bits per heavy atom. The summed E-state index contributed by atoms with van der Waals surface area (Å²) >= 11 is 6.02. The summed E-state index contributed by atoms with van der Waals surface area (Å²) in [5.74, 6) is 0.927. The Labute approximate surface area is 161 Å². The van der Waals surface area contributed by atoms with Crippen molar-refractivity contribution in [2.75, 3.05) is 0 Å². The minimum atomic E-state index is -0.882. The molecular weight excluding hydrogens is 370 g/mol. The summed E-state index contributed by atoms with van der Waals surface area (Å²) in [6, 6.07) is 6.42. The molecule has 7 heteroatoms. The molecule has 27 heavy (non-hydrogen) atoms. The highest BCUT2D eigenvalue weighted by Crippen LogP contribution is 2.40. The lowest BCUT2D eigenvalue weighted by Gasteiger charge is -2.22. The van der Waals surface area contributed by atoms with Crippen LogP contribution in [0.4, 0.5) is 5.69 Å². The molecule has 0 bridgehead atoms. The number of hydrogen-bond donors (Lipinski definition) is 0. The first-order valence-corrected chi connectivity index (χ1v) is 8.82. The van der Waals surface area contributed by atoms with Crippen molar-refractivity contribution in [3.63, 3.8) is 0 Å². The Hall–Kier alpha value is -2.44. The van der Waals surface area contributed by atoms with Crippen LogP contribution in [0, 0.1) is 17.0 Å². The summed E-state index contributed by atoms with van der Waals surface area (Å²) in [5, 5.41) is 11.1. The van der Waals surface area contributed by atoms with Crippen LogP contribution in [0.5, 0.6) is 0 Å². The minimum Gasteiger partial charge on any atom is -0.457 e. The average molecular weight is 390 g/mol. The molecule has 1 aliphatic heterocycles. The van der Waals surface area contributed by atoms with E-state index in [1.807, 2.05) is 13.8 Å². The standard InChI is InChI=1S/C20H20ClNO5/c1-11-8-16(22(24)25)15(21)10-13(11)17-7-6-12(26-17)9-14-18(23)20(4,5)27-19(14,2)3/h6-10H,1-5H3. The summed E-state index contributed by atoms with van der Waals surface area (Å²) < 4.78 is 11.7. The maximum atomic E-state index is 12.6. The third-order valence-corrected chi connectivity index (χ3v) is 4.92. The van der Waals surface area contributed by atoms with E-state index in [-0.39, 0.29) is 16.5 Å². The number of nitro benzene ring substituents is 1. The van der Waals surface area contributed by atoms with Gasteiger partial charge in [0.05, 0.1) is 10.5 Å². The Bertz CT molecular complexity index is 984. The molecule has 0 aliphatic carbocycles. The van der Waals surface area contributed by atoms with Gasteiger partial charge in [0.1, 0.15) is 22.1 Å². The number of aryl methyl sites for hydroxylation is 1. The Morgan fingerprint density at radius 3 is 2.37 bits per heavy atom. The highest BCUT2D eigenvalue weighted by atomic mass is 35.5. The van der Waals surface area contributed by atoms with Crippen LogP contribution in [-0.4, -0.2) is 21.9 Å². The second-order valence-corrected chi connectivity index (χ2v) is 7.99. The summed E-state index contributed by atoms with van der Waals surface area (Å²) in [4.78, 5) is 23.1. The molecule has 1 saturated heterocycles. The zero-order chi connectivity index (χ0) is 20.1. The Kier molecular flexibility index (Phi) is 4.52. The number of hydrogen-bond acceptors (Lipinski definition) is 5. The van der Waals surface area contributed by atoms with E-state index in [1.54, 1.807) is 39.0 Å². The highest BCUT2D eigenvalue weighted by molar-refractivity contribution is 6.33. The molecule has 1 aromatic carbocycles. The molecule has 1 aromatic heterocycles. The van der Waals surface area contributed by atoms with Crippen LogP contribution >= 0.6 is 11.6 Å². The molecule has 6 nitrogen and oxygen atoms in total. The number of nitro groups is 1. The van der Waals surface area contributed by atoms with Gasteiger partial charge in [-0.25, -0.2) is 0 Å². The van der Waals surface area contributed by atoms with Crippen LogP contribution in [0.1, 0.15) is 39.0 Å². The van der Waals surface area contributed by atoms with Crippen LogP contribution in [0.15, 0.2) is 34.3 Å². The van der Waals surface area contributed by atoms with Crippen molar-refractivity contribution in [1.29, 1.82) is 0 Å². The second kappa shape index (κ2) is 6.32. The molecule has 0 amide bonds. The lowest BCUT2D eigenvalue weighted by molar-refractivity contribution is -0.384. The van der Waals surface area contributed by atoms with Crippen molar-refractivity contribution < 1.29 is 18.9 Å². The van der Waals surface area contributed by atoms with Gasteiger partial charge in [0.2, 0.25) is 0 Å². The van der Waals surface area contributed by atoms with Gasteiger partial charge in [-0.05, 0) is 64.5 Å². The number of carbonyl (C=O) groups is 1. The number of rotatable bonds is 3. The van der Waals surface area contributed by atoms with Crippen molar-refractivity contribution in [1.82, 2.24) is 0 Å². The van der Waals surface area contributed by atoms with Crippen molar-refractivity contribution >= 4 is 29.1 Å². The van der Waals surface area contributed by atoms with Crippen LogP contribution < -0.4 is 0 Å². The van der Waals surface area contributed by atoms with E-state index in [2.05, 4.69) is 0 Å². The molecule has 1 fully saturated rings. The number of ketones is 1. The molecule has 0 unspecified atom stereocenters. The van der Waals surface area contributed by atoms with Gasteiger partial charge < -0.3 is 9.15 Å². The fraction of sp³-hybridized carbons (Fsp3) is 0.350. The lowest BCUT2D eigenvalue weighted by atomic mass is 9.92. The van der Waals surface area contributed by atoms with Gasteiger partial charge in [0, 0.05) is 17.2 Å². The fourth-order valence-electron chi connectivity index (χ4n) is 3.37. The molecule has 1 aliphatic rings. The van der Waals surface area contributed by atoms with Crippen molar-refractivity contribution in [3.05, 3.63) is 56.3 Å². The van der Waals surface area contributed by atoms with Crippen LogP contribution in [0.3, 0.4) is 0 Å². The van der Waals surface area contributed by atoms with E-state index in [0.29, 0.717) is 28.2 Å². The van der Waals surface area contributed by atoms with Gasteiger partial charge in [-0.15, -0.1) is 0 Å². The number of furan rings is 1. The lowest BCUT2D eigenvalue weighted by Crippen LogP contribution is -2.29. The Balaban J connectivity index is 2.00. The van der Waals surface area contributed by atoms with E-state index in [1.165, 1.54) is 12.1 Å². The quantitative estimate of drug-likeness (QED) is 0.401. The number of carbonyl (C=O) groups excluding carboxylic acids is 1. The molecule has 142 valence electrons. The molecule has 3 rings (SSSR count). The molecule has 0 saturated carbocycles. The smallest absolute Gasteiger partial charge is 0.288 e. The van der Waals surface area contributed by atoms with E-state index >= 15 is 0 Å². The summed E-state index contributed by atoms with van der Waals surface area (Å²) in [5.41, 5.74) is 0.106. The number of ether oxygens (including phenoxy) is 1. The SMILES string of the molecule is Cc1cc([N+](=O)[O-])c(Cl)cc1-c1ccc(C=C2C(=O)C(C)(C)OC2(C)C)o1. The van der Waals surface area contributed by atoms with E-state index < -0.39 is 16.1 Å². The first-order chi connectivity index (χ1) is 12.4. The van der Waals surface area contributed by atoms with Crippen LogP contribution in [0.2, 0.25) is 5.02 Å². The third-order valence-electron chi connectivity index (χ3n) is 4.62. The van der Waals surface area contributed by atoms with Gasteiger partial charge >= 0.3 is 0 Å². The molecule has 2 aromatic rings. The summed E-state index contributed by atoms with van der Waals surface area (Å²) in [6.45, 7) is 8.92.